The van der Waals surface area contributed by atoms with Gasteiger partial charge in [0.1, 0.15) is 0 Å². The van der Waals surface area contributed by atoms with Crippen LogP contribution in [0.4, 0.5) is 4.39 Å². The number of phenolic OH excluding ortho intramolecular Hbond substituents is 1. The lowest BCUT2D eigenvalue weighted by molar-refractivity contribution is 0.0139. The van der Waals surface area contributed by atoms with Crippen molar-refractivity contribution in [3.8, 4) is 5.75 Å². The molecule has 0 radical (unpaired) electrons. The summed E-state index contributed by atoms with van der Waals surface area (Å²) in [4.78, 5) is 15.8. The van der Waals surface area contributed by atoms with E-state index in [1.165, 1.54) is 17.0 Å². The molecular weight excluding hydrogens is 365 g/mol. The first kappa shape index (κ1) is 18.6. The predicted molar refractivity (Wildman–Crippen MR) is 103 cm³/mol. The molecule has 1 saturated heterocycles. The molecule has 0 spiro atoms. The van der Waals surface area contributed by atoms with Gasteiger partial charge in [-0.3, -0.25) is 9.69 Å². The fourth-order valence-corrected chi connectivity index (χ4v) is 5.64. The zero-order valence-electron chi connectivity index (χ0n) is 15.3. The minimum Gasteiger partial charge on any atom is -0.505 e. The molecule has 3 unspecified atom stereocenters. The molecule has 2 heterocycles. The number of thiophene rings is 1. The zero-order valence-corrected chi connectivity index (χ0v) is 16.1. The van der Waals surface area contributed by atoms with E-state index in [2.05, 4.69) is 17.9 Å². The zero-order chi connectivity index (χ0) is 19.2. The molecule has 1 saturated carbocycles. The maximum Gasteiger partial charge on any atom is 0.176 e. The Morgan fingerprint density at radius 3 is 2.63 bits per heavy atom. The number of hydrogen-bond donors (Lipinski definition) is 2. The van der Waals surface area contributed by atoms with E-state index in [-0.39, 0.29) is 23.8 Å². The number of ketones is 1. The van der Waals surface area contributed by atoms with Crippen molar-refractivity contribution < 1.29 is 19.4 Å². The van der Waals surface area contributed by atoms with Gasteiger partial charge >= 0.3 is 0 Å². The van der Waals surface area contributed by atoms with E-state index in [0.717, 1.165) is 32.0 Å². The first-order chi connectivity index (χ1) is 12.9. The van der Waals surface area contributed by atoms with E-state index in [0.29, 0.717) is 11.8 Å². The molecule has 27 heavy (non-hydrogen) atoms. The van der Waals surface area contributed by atoms with Gasteiger partial charge < -0.3 is 10.2 Å². The summed E-state index contributed by atoms with van der Waals surface area (Å²) >= 11 is 1.69. The number of carbonyl (C=O) groups is 1. The highest BCUT2D eigenvalue weighted by Gasteiger charge is 2.51. The third-order valence-electron chi connectivity index (χ3n) is 6.30. The number of halogens is 1. The van der Waals surface area contributed by atoms with Crippen molar-refractivity contribution >= 4 is 17.1 Å². The molecule has 3 atom stereocenters. The van der Waals surface area contributed by atoms with Crippen LogP contribution in [-0.2, 0) is 0 Å². The Kier molecular flexibility index (Phi) is 4.82. The first-order valence-corrected chi connectivity index (χ1v) is 10.2. The fraction of sp³-hybridized carbons (Fsp3) is 0.476. The Morgan fingerprint density at radius 2 is 2.04 bits per heavy atom. The molecule has 2 aromatic rings. The number of phenols is 1. The summed E-state index contributed by atoms with van der Waals surface area (Å²) in [5.74, 6) is -0.453. The van der Waals surface area contributed by atoms with Gasteiger partial charge in [0.2, 0.25) is 0 Å². The van der Waals surface area contributed by atoms with Gasteiger partial charge in [-0.1, -0.05) is 13.0 Å². The summed E-state index contributed by atoms with van der Waals surface area (Å²) in [6.45, 7) is 3.93. The second-order valence-corrected chi connectivity index (χ2v) is 9.03. The van der Waals surface area contributed by atoms with Crippen LogP contribution in [0.2, 0.25) is 0 Å². The number of carbonyl (C=O) groups excluding carboxylic acids is 1. The van der Waals surface area contributed by atoms with Crippen LogP contribution in [0.1, 0.15) is 40.9 Å². The van der Waals surface area contributed by atoms with Crippen molar-refractivity contribution in [2.75, 3.05) is 19.6 Å². The van der Waals surface area contributed by atoms with Crippen molar-refractivity contribution in [3.05, 3.63) is 52.0 Å². The van der Waals surface area contributed by atoms with E-state index in [1.807, 2.05) is 11.4 Å². The summed E-state index contributed by atoms with van der Waals surface area (Å²) in [7, 11) is 0. The van der Waals surface area contributed by atoms with Gasteiger partial charge in [0.05, 0.1) is 12.1 Å². The molecule has 4 rings (SSSR count). The second-order valence-electron chi connectivity index (χ2n) is 8.05. The highest BCUT2D eigenvalue weighted by atomic mass is 32.1. The van der Waals surface area contributed by atoms with Crippen molar-refractivity contribution in [1.29, 1.82) is 0 Å². The number of hydrogen-bond acceptors (Lipinski definition) is 5. The average molecular weight is 389 g/mol. The van der Waals surface area contributed by atoms with Crippen LogP contribution < -0.4 is 0 Å². The number of Topliss-reactive ketones (excluding diaryl/α,β-unsaturated/α-hetero) is 1. The first-order valence-electron chi connectivity index (χ1n) is 9.35. The Labute approximate surface area is 162 Å². The molecule has 2 N–H and O–H groups in total. The minimum atomic E-state index is -0.772. The van der Waals surface area contributed by atoms with E-state index in [9.17, 15) is 19.4 Å². The SMILES string of the molecule is CC(c1cccs1)C1(O)CC2CN(CC(=O)c3ccc(O)c(F)c3)CC2C1. The average Bonchev–Trinajstić information content (AvgIpc) is 3.32. The molecule has 0 amide bonds. The van der Waals surface area contributed by atoms with Crippen molar-refractivity contribution in [1.82, 2.24) is 4.90 Å². The number of benzene rings is 1. The van der Waals surface area contributed by atoms with Gasteiger partial charge in [-0.25, -0.2) is 4.39 Å². The Hall–Kier alpha value is -1.76. The van der Waals surface area contributed by atoms with Crippen molar-refractivity contribution in [2.24, 2.45) is 11.8 Å². The van der Waals surface area contributed by atoms with Crippen LogP contribution in [0.5, 0.6) is 5.75 Å². The van der Waals surface area contributed by atoms with Crippen LogP contribution in [0, 0.1) is 17.7 Å². The molecule has 2 aliphatic rings. The predicted octanol–water partition coefficient (Wildman–Crippen LogP) is 3.65. The van der Waals surface area contributed by atoms with Gasteiger partial charge in [0.25, 0.3) is 0 Å². The van der Waals surface area contributed by atoms with Crippen molar-refractivity contribution in [2.45, 2.75) is 31.3 Å². The Morgan fingerprint density at radius 1 is 1.33 bits per heavy atom. The van der Waals surface area contributed by atoms with Gasteiger partial charge in [0.15, 0.2) is 17.3 Å². The van der Waals surface area contributed by atoms with Crippen molar-refractivity contribution in [3.63, 3.8) is 0 Å². The van der Waals surface area contributed by atoms with Gasteiger partial charge in [-0.2, -0.15) is 0 Å². The Balaban J connectivity index is 1.37. The highest BCUT2D eigenvalue weighted by molar-refractivity contribution is 7.10. The monoisotopic (exact) mass is 389 g/mol. The lowest BCUT2D eigenvalue weighted by Gasteiger charge is -2.31. The van der Waals surface area contributed by atoms with E-state index < -0.39 is 17.2 Å². The molecule has 4 nitrogen and oxygen atoms in total. The minimum absolute atomic E-state index is 0.123. The molecule has 1 aromatic heterocycles. The number of fused-ring (bicyclic) bond motifs is 1. The number of aromatic hydroxyl groups is 1. The summed E-state index contributed by atoms with van der Waals surface area (Å²) in [5.41, 5.74) is -0.388. The molecular formula is C21H24FNO3S. The van der Waals surface area contributed by atoms with Crippen LogP contribution in [0.25, 0.3) is 0 Å². The normalized spacial score (nSPS) is 29.0. The van der Waals surface area contributed by atoms with E-state index in [4.69, 9.17) is 0 Å². The fourth-order valence-electron chi connectivity index (χ4n) is 4.75. The van der Waals surface area contributed by atoms with Crippen LogP contribution in [-0.4, -0.2) is 46.1 Å². The number of aliphatic hydroxyl groups is 1. The molecule has 6 heteroatoms. The number of nitrogens with zero attached hydrogens (tertiary/aromatic N) is 1. The standard InChI is InChI=1S/C21H24FNO3S/c1-13(20-3-2-6-27-20)21(26)8-15-10-23(11-16(15)9-21)12-19(25)14-4-5-18(24)17(22)7-14/h2-7,13,15-16,24,26H,8-12H2,1H3. The summed E-state index contributed by atoms with van der Waals surface area (Å²) < 4.78 is 13.5. The van der Waals surface area contributed by atoms with Gasteiger partial charge in [-0.15, -0.1) is 11.3 Å². The maximum atomic E-state index is 13.5. The van der Waals surface area contributed by atoms with Gasteiger partial charge in [-0.05, 0) is 54.3 Å². The molecule has 2 fully saturated rings. The number of rotatable bonds is 5. The van der Waals surface area contributed by atoms with Crippen LogP contribution in [0.15, 0.2) is 35.7 Å². The third kappa shape index (κ3) is 3.53. The van der Waals surface area contributed by atoms with Crippen LogP contribution >= 0.6 is 11.3 Å². The molecule has 0 bridgehead atoms. The lowest BCUT2D eigenvalue weighted by Crippen LogP contribution is -2.35. The number of likely N-dealkylation sites (tertiary alicyclic amines) is 1. The molecule has 144 valence electrons. The summed E-state index contributed by atoms with van der Waals surface area (Å²) in [5, 5.41) is 22.5. The van der Waals surface area contributed by atoms with Crippen LogP contribution in [0.3, 0.4) is 0 Å². The van der Waals surface area contributed by atoms with Gasteiger partial charge in [0, 0.05) is 29.4 Å². The van der Waals surface area contributed by atoms with E-state index >= 15 is 0 Å². The lowest BCUT2D eigenvalue weighted by atomic mass is 9.85. The maximum absolute atomic E-state index is 13.5. The topological polar surface area (TPSA) is 60.8 Å². The third-order valence-corrected chi connectivity index (χ3v) is 7.35. The Bertz CT molecular complexity index is 824. The quantitative estimate of drug-likeness (QED) is 0.767. The highest BCUT2D eigenvalue weighted by Crippen LogP contribution is 2.50. The molecule has 1 aromatic carbocycles. The van der Waals surface area contributed by atoms with E-state index in [1.54, 1.807) is 11.3 Å². The summed E-state index contributed by atoms with van der Waals surface area (Å²) in [6.07, 6.45) is 1.52. The molecule has 1 aliphatic carbocycles. The second kappa shape index (κ2) is 7.00. The largest absolute Gasteiger partial charge is 0.505 e. The molecule has 1 aliphatic heterocycles. The smallest absolute Gasteiger partial charge is 0.176 e. The summed E-state index contributed by atoms with van der Waals surface area (Å²) in [6, 6.07) is 7.88.